The lowest BCUT2D eigenvalue weighted by Gasteiger charge is -2.20. The summed E-state index contributed by atoms with van der Waals surface area (Å²) in [6, 6.07) is 28.6. The lowest BCUT2D eigenvalue weighted by Crippen LogP contribution is -2.04. The van der Waals surface area contributed by atoms with Crippen LogP contribution in [-0.2, 0) is 0 Å². The SMILES string of the molecule is O=NSc1ccccc1C(c1ccccc1)c1ccccc1. The average Bonchev–Trinajstić information content (AvgIpc) is 2.59. The summed E-state index contributed by atoms with van der Waals surface area (Å²) < 4.78 is 3.00. The molecule has 3 aromatic rings. The molecular weight excluding hydrogens is 290 g/mol. The van der Waals surface area contributed by atoms with Gasteiger partial charge in [-0.05, 0) is 22.8 Å². The number of nitroso groups, excluding NO2 is 1. The molecule has 0 fully saturated rings. The van der Waals surface area contributed by atoms with Gasteiger partial charge in [-0.25, -0.2) is 0 Å². The highest BCUT2D eigenvalue weighted by molar-refractivity contribution is 7.98. The molecule has 0 unspecified atom stereocenters. The number of nitrogens with zero attached hydrogens (tertiary/aromatic N) is 1. The third-order valence-electron chi connectivity index (χ3n) is 3.63. The Hall–Kier alpha value is -2.39. The number of hydrogen-bond acceptors (Lipinski definition) is 3. The van der Waals surface area contributed by atoms with Crippen LogP contribution in [0.5, 0.6) is 0 Å². The molecule has 3 aromatic carbocycles. The molecule has 0 saturated carbocycles. The first-order chi connectivity index (χ1) is 10.9. The van der Waals surface area contributed by atoms with Gasteiger partial charge in [-0.2, -0.15) is 0 Å². The minimum absolute atomic E-state index is 0.0906. The first-order valence-electron chi connectivity index (χ1n) is 7.08. The van der Waals surface area contributed by atoms with Crippen molar-refractivity contribution in [2.75, 3.05) is 0 Å². The molecule has 3 rings (SSSR count). The summed E-state index contributed by atoms with van der Waals surface area (Å²) in [5, 5.41) is 0. The molecule has 0 amide bonds. The quantitative estimate of drug-likeness (QED) is 0.347. The van der Waals surface area contributed by atoms with Crippen molar-refractivity contribution in [3.63, 3.8) is 0 Å². The maximum absolute atomic E-state index is 10.7. The summed E-state index contributed by atoms with van der Waals surface area (Å²) >= 11 is 0.989. The van der Waals surface area contributed by atoms with Crippen molar-refractivity contribution in [1.82, 2.24) is 0 Å². The van der Waals surface area contributed by atoms with Crippen LogP contribution in [0, 0.1) is 4.91 Å². The van der Waals surface area contributed by atoms with E-state index in [4.69, 9.17) is 0 Å². The molecule has 0 aromatic heterocycles. The van der Waals surface area contributed by atoms with E-state index in [0.717, 1.165) is 22.4 Å². The summed E-state index contributed by atoms with van der Waals surface area (Å²) in [5.74, 6) is 0.0906. The Balaban J connectivity index is 2.17. The molecule has 0 aliphatic rings. The third-order valence-corrected chi connectivity index (χ3v) is 4.27. The van der Waals surface area contributed by atoms with Crippen LogP contribution in [0.4, 0.5) is 0 Å². The molecule has 0 N–H and O–H groups in total. The lowest BCUT2D eigenvalue weighted by atomic mass is 9.85. The van der Waals surface area contributed by atoms with Crippen LogP contribution in [0.15, 0.2) is 94.4 Å². The summed E-state index contributed by atoms with van der Waals surface area (Å²) in [6.07, 6.45) is 0. The highest BCUT2D eigenvalue weighted by atomic mass is 32.2. The highest BCUT2D eigenvalue weighted by Gasteiger charge is 2.19. The van der Waals surface area contributed by atoms with Gasteiger partial charge in [-0.1, -0.05) is 78.9 Å². The first kappa shape index (κ1) is 14.5. The molecule has 0 spiro atoms. The third kappa shape index (κ3) is 3.10. The fourth-order valence-corrected chi connectivity index (χ4v) is 3.20. The fourth-order valence-electron chi connectivity index (χ4n) is 2.68. The highest BCUT2D eigenvalue weighted by Crippen LogP contribution is 2.37. The second-order valence-corrected chi connectivity index (χ2v) is 5.73. The molecule has 0 atom stereocenters. The molecular formula is C19H15NOS. The second-order valence-electron chi connectivity index (χ2n) is 4.96. The lowest BCUT2D eigenvalue weighted by molar-refractivity contribution is 0.945. The van der Waals surface area contributed by atoms with E-state index in [9.17, 15) is 4.91 Å². The van der Waals surface area contributed by atoms with E-state index < -0.39 is 0 Å². The Kier molecular flexibility index (Phi) is 4.66. The molecule has 0 radical (unpaired) electrons. The molecule has 0 bridgehead atoms. The number of benzene rings is 3. The van der Waals surface area contributed by atoms with Crippen molar-refractivity contribution >= 4 is 11.9 Å². The van der Waals surface area contributed by atoms with Gasteiger partial charge < -0.3 is 0 Å². The van der Waals surface area contributed by atoms with Crippen LogP contribution in [0.3, 0.4) is 0 Å². The van der Waals surface area contributed by atoms with Crippen LogP contribution >= 0.6 is 11.9 Å². The van der Waals surface area contributed by atoms with Crippen molar-refractivity contribution in [3.8, 4) is 0 Å². The van der Waals surface area contributed by atoms with Gasteiger partial charge in [0.25, 0.3) is 0 Å². The van der Waals surface area contributed by atoms with Crippen LogP contribution in [-0.4, -0.2) is 0 Å². The average molecular weight is 305 g/mol. The van der Waals surface area contributed by atoms with E-state index in [1.54, 1.807) is 0 Å². The monoisotopic (exact) mass is 305 g/mol. The summed E-state index contributed by atoms with van der Waals surface area (Å²) in [6.45, 7) is 0. The van der Waals surface area contributed by atoms with Crippen molar-refractivity contribution < 1.29 is 0 Å². The van der Waals surface area contributed by atoms with E-state index in [-0.39, 0.29) is 5.92 Å². The van der Waals surface area contributed by atoms with Gasteiger partial charge in [0.2, 0.25) is 0 Å². The topological polar surface area (TPSA) is 29.4 Å². The molecule has 3 heteroatoms. The fraction of sp³-hybridized carbons (Fsp3) is 0.0526. The molecule has 0 heterocycles. The van der Waals surface area contributed by atoms with Gasteiger partial charge in [-0.15, -0.1) is 4.91 Å². The summed E-state index contributed by atoms with van der Waals surface area (Å²) in [7, 11) is 0. The van der Waals surface area contributed by atoms with E-state index in [0.29, 0.717) is 0 Å². The van der Waals surface area contributed by atoms with Gasteiger partial charge in [0.15, 0.2) is 0 Å². The van der Waals surface area contributed by atoms with Crippen LogP contribution in [0.1, 0.15) is 22.6 Å². The molecule has 0 aliphatic carbocycles. The van der Waals surface area contributed by atoms with Crippen molar-refractivity contribution in [2.24, 2.45) is 4.58 Å². The van der Waals surface area contributed by atoms with Gasteiger partial charge in [0.05, 0.1) is 11.9 Å². The second kappa shape index (κ2) is 7.05. The maximum Gasteiger partial charge on any atom is 0.0573 e. The number of hydrogen-bond donors (Lipinski definition) is 0. The Morgan fingerprint density at radius 3 is 1.73 bits per heavy atom. The molecule has 0 saturated heterocycles. The van der Waals surface area contributed by atoms with Crippen LogP contribution in [0.25, 0.3) is 0 Å². The first-order valence-corrected chi connectivity index (χ1v) is 7.86. The van der Waals surface area contributed by atoms with Gasteiger partial charge >= 0.3 is 0 Å². The summed E-state index contributed by atoms with van der Waals surface area (Å²) in [5.41, 5.74) is 3.50. The molecule has 0 aliphatic heterocycles. The van der Waals surface area contributed by atoms with Gasteiger partial charge in [0.1, 0.15) is 0 Å². The van der Waals surface area contributed by atoms with E-state index in [1.807, 2.05) is 54.6 Å². The van der Waals surface area contributed by atoms with Crippen LogP contribution in [0.2, 0.25) is 0 Å². The van der Waals surface area contributed by atoms with Crippen molar-refractivity contribution in [1.29, 1.82) is 0 Å². The normalized spacial score (nSPS) is 10.6. The zero-order chi connectivity index (χ0) is 15.2. The smallest absolute Gasteiger partial charge is 0.0573 e. The zero-order valence-corrected chi connectivity index (χ0v) is 12.7. The maximum atomic E-state index is 10.7. The largest absolute Gasteiger partial charge is 0.137 e. The Morgan fingerprint density at radius 1 is 0.682 bits per heavy atom. The van der Waals surface area contributed by atoms with Crippen molar-refractivity contribution in [3.05, 3.63) is 107 Å². The van der Waals surface area contributed by atoms with Crippen LogP contribution < -0.4 is 0 Å². The Morgan fingerprint density at radius 2 is 1.18 bits per heavy atom. The minimum atomic E-state index is 0.0906. The van der Waals surface area contributed by atoms with E-state index in [2.05, 4.69) is 34.9 Å². The molecule has 108 valence electrons. The molecule has 22 heavy (non-hydrogen) atoms. The predicted molar refractivity (Wildman–Crippen MR) is 91.9 cm³/mol. The van der Waals surface area contributed by atoms with Crippen molar-refractivity contribution in [2.45, 2.75) is 10.8 Å². The van der Waals surface area contributed by atoms with Gasteiger partial charge in [-0.3, -0.25) is 0 Å². The van der Waals surface area contributed by atoms with Gasteiger partial charge in [0, 0.05) is 15.4 Å². The Labute approximate surface area is 134 Å². The minimum Gasteiger partial charge on any atom is -0.137 e. The van der Waals surface area contributed by atoms with E-state index >= 15 is 0 Å². The summed E-state index contributed by atoms with van der Waals surface area (Å²) in [4.78, 5) is 11.6. The Bertz CT molecular complexity index is 704. The number of rotatable bonds is 5. The molecule has 2 nitrogen and oxygen atoms in total. The predicted octanol–water partition coefficient (Wildman–Crippen LogP) is 5.64. The van der Waals surface area contributed by atoms with E-state index in [1.165, 1.54) is 11.1 Å². The standard InChI is InChI=1S/C19H15NOS/c21-20-22-18-14-8-7-13-17(18)19(15-9-3-1-4-10-15)16-11-5-2-6-12-16/h1-14,19H. The zero-order valence-electron chi connectivity index (χ0n) is 11.9.